The molecule has 0 radical (unpaired) electrons. The first-order chi connectivity index (χ1) is 12.0. The number of rotatable bonds is 8. The molecule has 1 aromatic heterocycles. The summed E-state index contributed by atoms with van der Waals surface area (Å²) in [5, 5.41) is 19.8. The molecule has 2 rings (SSSR count). The van der Waals surface area contributed by atoms with Crippen LogP contribution in [0.1, 0.15) is 17.2 Å². The molecule has 0 unspecified atom stereocenters. The van der Waals surface area contributed by atoms with E-state index in [0.717, 1.165) is 5.56 Å². The minimum atomic E-state index is -0.908. The Labute approximate surface area is 146 Å². The molecule has 0 fully saturated rings. The Morgan fingerprint density at radius 2 is 2.12 bits per heavy atom. The zero-order valence-corrected chi connectivity index (χ0v) is 14.7. The molecule has 2 amide bonds. The maximum Gasteiger partial charge on any atom is 0.314 e. The van der Waals surface area contributed by atoms with Crippen LogP contribution in [0.15, 0.2) is 30.6 Å². The van der Waals surface area contributed by atoms with E-state index in [1.165, 1.54) is 7.11 Å². The number of urea groups is 1. The van der Waals surface area contributed by atoms with E-state index in [-0.39, 0.29) is 12.6 Å². The normalized spacial score (nSPS) is 11.7. The first kappa shape index (κ1) is 18.6. The number of amides is 2. The van der Waals surface area contributed by atoms with Gasteiger partial charge in [-0.05, 0) is 30.2 Å². The van der Waals surface area contributed by atoms with Crippen molar-refractivity contribution in [1.29, 1.82) is 0 Å². The number of aliphatic hydroxyl groups is 1. The first-order valence-electron chi connectivity index (χ1n) is 7.92. The number of nitrogens with zero attached hydrogens (tertiary/aromatic N) is 2. The molecule has 0 aliphatic heterocycles. The highest BCUT2D eigenvalue weighted by Crippen LogP contribution is 2.28. The van der Waals surface area contributed by atoms with Crippen LogP contribution in [-0.2, 0) is 13.5 Å². The van der Waals surface area contributed by atoms with E-state index >= 15 is 0 Å². The number of hydrogen-bond donors (Lipinski definition) is 3. The molecule has 0 bridgehead atoms. The summed E-state index contributed by atoms with van der Waals surface area (Å²) in [6, 6.07) is 4.80. The van der Waals surface area contributed by atoms with Crippen LogP contribution in [-0.4, -0.2) is 48.2 Å². The molecule has 8 heteroatoms. The zero-order chi connectivity index (χ0) is 18.2. The molecule has 1 atom stereocenters. The average Bonchev–Trinajstić information content (AvgIpc) is 3.04. The summed E-state index contributed by atoms with van der Waals surface area (Å²) in [6.07, 6.45) is 3.44. The molecule has 0 aliphatic carbocycles. The molecule has 0 spiro atoms. The number of methoxy groups -OCH3 is 2. The van der Waals surface area contributed by atoms with Crippen molar-refractivity contribution in [3.05, 3.63) is 41.7 Å². The van der Waals surface area contributed by atoms with Gasteiger partial charge in [0, 0.05) is 31.9 Å². The summed E-state index contributed by atoms with van der Waals surface area (Å²) < 4.78 is 12.1. The van der Waals surface area contributed by atoms with Crippen LogP contribution >= 0.6 is 0 Å². The zero-order valence-electron chi connectivity index (χ0n) is 14.7. The van der Waals surface area contributed by atoms with Gasteiger partial charge in [-0.3, -0.25) is 4.68 Å². The predicted molar refractivity (Wildman–Crippen MR) is 92.8 cm³/mol. The van der Waals surface area contributed by atoms with Crippen molar-refractivity contribution in [2.75, 3.05) is 27.3 Å². The van der Waals surface area contributed by atoms with Crippen molar-refractivity contribution in [3.8, 4) is 11.5 Å². The van der Waals surface area contributed by atoms with E-state index in [2.05, 4.69) is 15.7 Å². The third-order valence-corrected chi connectivity index (χ3v) is 3.71. The summed E-state index contributed by atoms with van der Waals surface area (Å²) in [4.78, 5) is 11.8. The second-order valence-electron chi connectivity index (χ2n) is 5.53. The molecular weight excluding hydrogens is 324 g/mol. The highest BCUT2D eigenvalue weighted by Gasteiger charge is 2.15. The number of carbonyl (C=O) groups excluding carboxylic acids is 1. The lowest BCUT2D eigenvalue weighted by Gasteiger charge is -2.16. The van der Waals surface area contributed by atoms with Crippen LogP contribution in [0.4, 0.5) is 4.79 Å². The van der Waals surface area contributed by atoms with E-state index in [0.29, 0.717) is 30.0 Å². The summed E-state index contributed by atoms with van der Waals surface area (Å²) in [5.41, 5.74) is 1.60. The van der Waals surface area contributed by atoms with Crippen LogP contribution in [0.5, 0.6) is 11.5 Å². The van der Waals surface area contributed by atoms with Crippen molar-refractivity contribution < 1.29 is 19.4 Å². The summed E-state index contributed by atoms with van der Waals surface area (Å²) in [6.45, 7) is 0.540. The van der Waals surface area contributed by atoms with Gasteiger partial charge in [0.1, 0.15) is 17.6 Å². The second kappa shape index (κ2) is 8.93. The number of benzene rings is 1. The molecule has 136 valence electrons. The number of ether oxygens (including phenoxy) is 2. The number of aliphatic hydroxyl groups excluding tert-OH is 1. The Hall–Kier alpha value is -2.74. The predicted octanol–water partition coefficient (Wildman–Crippen LogP) is 1.01. The molecule has 3 N–H and O–H groups in total. The Balaban J connectivity index is 1.80. The summed E-state index contributed by atoms with van der Waals surface area (Å²) in [5.74, 6) is 1.14. The molecule has 25 heavy (non-hydrogen) atoms. The largest absolute Gasteiger partial charge is 0.497 e. The monoisotopic (exact) mass is 348 g/mol. The van der Waals surface area contributed by atoms with E-state index in [1.807, 2.05) is 13.2 Å². The number of nitrogens with one attached hydrogen (secondary N) is 2. The topological polar surface area (TPSA) is 97.6 Å². The Morgan fingerprint density at radius 3 is 2.76 bits per heavy atom. The van der Waals surface area contributed by atoms with Crippen molar-refractivity contribution in [2.24, 2.45) is 7.05 Å². The molecule has 8 nitrogen and oxygen atoms in total. The summed E-state index contributed by atoms with van der Waals surface area (Å²) >= 11 is 0. The van der Waals surface area contributed by atoms with E-state index < -0.39 is 6.10 Å². The molecule has 1 heterocycles. The van der Waals surface area contributed by atoms with Gasteiger partial charge in [-0.1, -0.05) is 0 Å². The van der Waals surface area contributed by atoms with Crippen LogP contribution in [0.25, 0.3) is 0 Å². The van der Waals surface area contributed by atoms with Crippen LogP contribution < -0.4 is 20.1 Å². The third-order valence-electron chi connectivity index (χ3n) is 3.71. The van der Waals surface area contributed by atoms with Gasteiger partial charge in [-0.15, -0.1) is 0 Å². The molecular formula is C17H24N4O4. The van der Waals surface area contributed by atoms with Crippen LogP contribution in [0, 0.1) is 0 Å². The number of carbonyl (C=O) groups is 1. The smallest absolute Gasteiger partial charge is 0.314 e. The van der Waals surface area contributed by atoms with Crippen LogP contribution in [0.3, 0.4) is 0 Å². The van der Waals surface area contributed by atoms with Gasteiger partial charge in [0.2, 0.25) is 0 Å². The fraction of sp³-hybridized carbons (Fsp3) is 0.412. The Bertz CT molecular complexity index is 702. The SMILES string of the molecule is COc1ccc(OC)c([C@@H](O)CNC(=O)NCCc2cnn(C)c2)c1. The molecule has 0 saturated heterocycles. The fourth-order valence-electron chi connectivity index (χ4n) is 2.38. The number of aryl methyl sites for hydroxylation is 1. The van der Waals surface area contributed by atoms with E-state index in [1.54, 1.807) is 36.2 Å². The summed E-state index contributed by atoms with van der Waals surface area (Å²) in [7, 11) is 4.92. The number of aromatic nitrogens is 2. The van der Waals surface area contributed by atoms with Gasteiger partial charge in [-0.2, -0.15) is 5.10 Å². The van der Waals surface area contributed by atoms with Gasteiger partial charge in [-0.25, -0.2) is 4.79 Å². The third kappa shape index (κ3) is 5.39. The maximum absolute atomic E-state index is 11.8. The average molecular weight is 348 g/mol. The van der Waals surface area contributed by atoms with Crippen molar-refractivity contribution in [3.63, 3.8) is 0 Å². The highest BCUT2D eigenvalue weighted by atomic mass is 16.5. The lowest BCUT2D eigenvalue weighted by molar-refractivity contribution is 0.169. The highest BCUT2D eigenvalue weighted by molar-refractivity contribution is 5.73. The van der Waals surface area contributed by atoms with E-state index in [4.69, 9.17) is 9.47 Å². The minimum absolute atomic E-state index is 0.0578. The maximum atomic E-state index is 11.8. The Kier molecular flexibility index (Phi) is 6.64. The number of hydrogen-bond acceptors (Lipinski definition) is 5. The van der Waals surface area contributed by atoms with E-state index in [9.17, 15) is 9.90 Å². The lowest BCUT2D eigenvalue weighted by Crippen LogP contribution is -2.38. The lowest BCUT2D eigenvalue weighted by atomic mass is 10.1. The van der Waals surface area contributed by atoms with Crippen LogP contribution in [0.2, 0.25) is 0 Å². The Morgan fingerprint density at radius 1 is 1.32 bits per heavy atom. The second-order valence-corrected chi connectivity index (χ2v) is 5.53. The molecule has 0 aliphatic rings. The van der Waals surface area contributed by atoms with Gasteiger partial charge in [0.15, 0.2) is 0 Å². The van der Waals surface area contributed by atoms with Crippen molar-refractivity contribution in [2.45, 2.75) is 12.5 Å². The fourth-order valence-corrected chi connectivity index (χ4v) is 2.38. The molecule has 2 aromatic rings. The quantitative estimate of drug-likeness (QED) is 0.661. The minimum Gasteiger partial charge on any atom is -0.497 e. The standard InChI is InChI=1S/C17H24N4O4/c1-21-11-12(9-20-21)6-7-18-17(23)19-10-15(22)14-8-13(24-2)4-5-16(14)25-3/h4-5,8-9,11,15,22H,6-7,10H2,1-3H3,(H2,18,19,23)/t15-/m0/s1. The first-order valence-corrected chi connectivity index (χ1v) is 7.92. The molecule has 0 saturated carbocycles. The molecule has 1 aromatic carbocycles. The van der Waals surface area contributed by atoms with Gasteiger partial charge < -0.3 is 25.2 Å². The van der Waals surface area contributed by atoms with Gasteiger partial charge in [0.05, 0.1) is 20.4 Å². The van der Waals surface area contributed by atoms with Gasteiger partial charge >= 0.3 is 6.03 Å². The van der Waals surface area contributed by atoms with Crippen molar-refractivity contribution in [1.82, 2.24) is 20.4 Å². The van der Waals surface area contributed by atoms with Gasteiger partial charge in [0.25, 0.3) is 0 Å². The van der Waals surface area contributed by atoms with Crippen molar-refractivity contribution >= 4 is 6.03 Å².